The molecule has 0 amide bonds. The normalized spacial score (nSPS) is 29.3. The van der Waals surface area contributed by atoms with Gasteiger partial charge in [-0.1, -0.05) is 0 Å². The summed E-state index contributed by atoms with van der Waals surface area (Å²) in [6.45, 7) is 2.14. The minimum absolute atomic E-state index is 0.690. The van der Waals surface area contributed by atoms with E-state index in [9.17, 15) is 0 Å². The summed E-state index contributed by atoms with van der Waals surface area (Å²) in [4.78, 5) is 2.36. The molecule has 1 aliphatic heterocycles. The van der Waals surface area contributed by atoms with Gasteiger partial charge in [-0.3, -0.25) is 0 Å². The van der Waals surface area contributed by atoms with Gasteiger partial charge in [-0.15, -0.1) is 0 Å². The summed E-state index contributed by atoms with van der Waals surface area (Å²) in [6.07, 6.45) is 2.65. The molecule has 1 fully saturated rings. The molecule has 54 valence electrons. The maximum Gasteiger partial charge on any atom is 0.0617 e. The Labute approximate surface area is 56.8 Å². The van der Waals surface area contributed by atoms with Crippen LogP contribution in [-0.2, 0) is 4.74 Å². The van der Waals surface area contributed by atoms with Crippen molar-refractivity contribution in [1.82, 2.24) is 4.90 Å². The van der Waals surface area contributed by atoms with Gasteiger partial charge in [-0.25, -0.2) is 0 Å². The van der Waals surface area contributed by atoms with Crippen molar-refractivity contribution in [3.8, 4) is 0 Å². The van der Waals surface area contributed by atoms with E-state index in [0.717, 1.165) is 6.61 Å². The highest BCUT2D eigenvalue weighted by Crippen LogP contribution is 2.13. The lowest BCUT2D eigenvalue weighted by Crippen LogP contribution is -2.28. The number of likely N-dealkylation sites (tertiary alicyclic amines) is 1. The van der Waals surface area contributed by atoms with Gasteiger partial charge in [0, 0.05) is 13.2 Å². The van der Waals surface area contributed by atoms with Gasteiger partial charge < -0.3 is 9.64 Å². The van der Waals surface area contributed by atoms with Crippen molar-refractivity contribution in [3.05, 3.63) is 0 Å². The number of hydrogen-bond donors (Lipinski definition) is 0. The molecule has 0 aliphatic carbocycles. The molecular formula is C7H15NO. The zero-order chi connectivity index (χ0) is 6.69. The summed E-state index contributed by atoms with van der Waals surface area (Å²) < 4.78 is 5.05. The Balaban J connectivity index is 2.22. The highest BCUT2D eigenvalue weighted by atomic mass is 16.5. The lowest BCUT2D eigenvalue weighted by molar-refractivity contribution is 0.129. The van der Waals surface area contributed by atoms with E-state index < -0.39 is 0 Å². The molecule has 1 saturated heterocycles. The summed E-state index contributed by atoms with van der Waals surface area (Å²) in [5, 5.41) is 0. The molecule has 9 heavy (non-hydrogen) atoms. The van der Waals surface area contributed by atoms with E-state index in [1.54, 1.807) is 7.11 Å². The lowest BCUT2D eigenvalue weighted by atomic mass is 10.2. The molecule has 1 aliphatic rings. The minimum atomic E-state index is 0.690. The molecule has 1 rings (SSSR count). The molecule has 0 saturated carbocycles. The highest BCUT2D eigenvalue weighted by molar-refractivity contribution is 4.75. The predicted octanol–water partition coefficient (Wildman–Crippen LogP) is 0.727. The zero-order valence-electron chi connectivity index (χ0n) is 6.26. The maximum atomic E-state index is 5.05. The number of nitrogens with zero attached hydrogens (tertiary/aromatic N) is 1. The van der Waals surface area contributed by atoms with Crippen LogP contribution in [0, 0.1) is 0 Å². The van der Waals surface area contributed by atoms with Crippen LogP contribution in [0.2, 0.25) is 0 Å². The molecule has 1 heterocycles. The fourth-order valence-corrected chi connectivity index (χ4v) is 1.38. The van der Waals surface area contributed by atoms with E-state index in [1.807, 2.05) is 0 Å². The average Bonchev–Trinajstić information content (AvgIpc) is 2.18. The van der Waals surface area contributed by atoms with Crippen LogP contribution < -0.4 is 0 Å². The van der Waals surface area contributed by atoms with Gasteiger partial charge in [-0.05, 0) is 26.4 Å². The minimum Gasteiger partial charge on any atom is -0.383 e. The quantitative estimate of drug-likeness (QED) is 0.545. The molecule has 0 bridgehead atoms. The van der Waals surface area contributed by atoms with Crippen molar-refractivity contribution in [2.75, 3.05) is 27.3 Å². The van der Waals surface area contributed by atoms with Crippen molar-refractivity contribution >= 4 is 0 Å². The van der Waals surface area contributed by atoms with Crippen LogP contribution >= 0.6 is 0 Å². The van der Waals surface area contributed by atoms with Crippen LogP contribution in [0.15, 0.2) is 0 Å². The average molecular weight is 129 g/mol. The van der Waals surface area contributed by atoms with Gasteiger partial charge in [-0.2, -0.15) is 0 Å². The van der Waals surface area contributed by atoms with Crippen molar-refractivity contribution in [3.63, 3.8) is 0 Å². The maximum absolute atomic E-state index is 5.05. The standard InChI is InChI=1S/C7H15NO/c1-8-5-3-4-7(8)6-9-2/h7H,3-6H2,1-2H3/t7-/m0/s1. The number of hydrogen-bond acceptors (Lipinski definition) is 2. The first-order chi connectivity index (χ1) is 4.34. The number of ether oxygens (including phenoxy) is 1. The molecule has 0 aromatic rings. The van der Waals surface area contributed by atoms with Crippen molar-refractivity contribution < 1.29 is 4.74 Å². The third-order valence-corrected chi connectivity index (χ3v) is 2.03. The molecule has 0 spiro atoms. The number of likely N-dealkylation sites (N-methyl/N-ethyl adjacent to an activating group) is 1. The molecule has 0 unspecified atom stereocenters. The first-order valence-electron chi connectivity index (χ1n) is 3.54. The van der Waals surface area contributed by atoms with Gasteiger partial charge in [0.2, 0.25) is 0 Å². The Morgan fingerprint density at radius 3 is 2.89 bits per heavy atom. The van der Waals surface area contributed by atoms with E-state index in [-0.39, 0.29) is 0 Å². The second-order valence-electron chi connectivity index (χ2n) is 2.73. The Morgan fingerprint density at radius 1 is 1.67 bits per heavy atom. The van der Waals surface area contributed by atoms with Gasteiger partial charge >= 0.3 is 0 Å². The Hall–Kier alpha value is -0.0800. The van der Waals surface area contributed by atoms with E-state index in [2.05, 4.69) is 11.9 Å². The molecule has 0 N–H and O–H groups in total. The number of methoxy groups -OCH3 is 1. The monoisotopic (exact) mass is 129 g/mol. The molecule has 0 aromatic heterocycles. The summed E-state index contributed by atoms with van der Waals surface area (Å²) in [6, 6.07) is 0.690. The van der Waals surface area contributed by atoms with E-state index >= 15 is 0 Å². The molecule has 1 atom stereocenters. The van der Waals surface area contributed by atoms with Crippen molar-refractivity contribution in [2.24, 2.45) is 0 Å². The SMILES string of the molecule is COC[C@@H]1CCCN1C. The van der Waals surface area contributed by atoms with Crippen LogP contribution in [0.3, 0.4) is 0 Å². The van der Waals surface area contributed by atoms with Crippen molar-refractivity contribution in [1.29, 1.82) is 0 Å². The van der Waals surface area contributed by atoms with Gasteiger partial charge in [0.25, 0.3) is 0 Å². The predicted molar refractivity (Wildman–Crippen MR) is 37.5 cm³/mol. The molecule has 0 radical (unpaired) electrons. The highest BCUT2D eigenvalue weighted by Gasteiger charge is 2.19. The second-order valence-corrected chi connectivity index (χ2v) is 2.73. The third kappa shape index (κ3) is 1.66. The summed E-state index contributed by atoms with van der Waals surface area (Å²) in [7, 11) is 3.93. The fourth-order valence-electron chi connectivity index (χ4n) is 1.38. The number of rotatable bonds is 2. The molecule has 2 heteroatoms. The van der Waals surface area contributed by atoms with Crippen LogP contribution in [0.1, 0.15) is 12.8 Å². The van der Waals surface area contributed by atoms with Gasteiger partial charge in [0.05, 0.1) is 6.61 Å². The smallest absolute Gasteiger partial charge is 0.0617 e. The van der Waals surface area contributed by atoms with Crippen LogP contribution in [0.5, 0.6) is 0 Å². The Bertz CT molecular complexity index is 85.0. The molecule has 0 aromatic carbocycles. The topological polar surface area (TPSA) is 12.5 Å². The van der Waals surface area contributed by atoms with Gasteiger partial charge in [0.15, 0.2) is 0 Å². The molecule has 2 nitrogen and oxygen atoms in total. The Kier molecular flexibility index (Phi) is 2.49. The fraction of sp³-hybridized carbons (Fsp3) is 1.00. The first kappa shape index (κ1) is 7.03. The van der Waals surface area contributed by atoms with Crippen molar-refractivity contribution in [2.45, 2.75) is 18.9 Å². The largest absolute Gasteiger partial charge is 0.383 e. The van der Waals surface area contributed by atoms with Gasteiger partial charge in [0.1, 0.15) is 0 Å². The van der Waals surface area contributed by atoms with Crippen LogP contribution in [0.25, 0.3) is 0 Å². The van der Waals surface area contributed by atoms with E-state index in [4.69, 9.17) is 4.74 Å². The van der Waals surface area contributed by atoms with E-state index in [1.165, 1.54) is 19.4 Å². The second kappa shape index (κ2) is 3.18. The lowest BCUT2D eigenvalue weighted by Gasteiger charge is -2.17. The summed E-state index contributed by atoms with van der Waals surface area (Å²) >= 11 is 0. The van der Waals surface area contributed by atoms with E-state index in [0.29, 0.717) is 6.04 Å². The Morgan fingerprint density at radius 2 is 2.44 bits per heavy atom. The third-order valence-electron chi connectivity index (χ3n) is 2.03. The molecular weight excluding hydrogens is 114 g/mol. The summed E-state index contributed by atoms with van der Waals surface area (Å²) in [5.74, 6) is 0. The van der Waals surface area contributed by atoms with Crippen LogP contribution in [0.4, 0.5) is 0 Å². The first-order valence-corrected chi connectivity index (χ1v) is 3.54. The summed E-state index contributed by atoms with van der Waals surface area (Å²) in [5.41, 5.74) is 0. The van der Waals surface area contributed by atoms with Crippen LogP contribution in [-0.4, -0.2) is 38.3 Å². The zero-order valence-corrected chi connectivity index (χ0v) is 6.26.